The Hall–Kier alpha value is -3.22. The third kappa shape index (κ3) is 5.59. The summed E-state index contributed by atoms with van der Waals surface area (Å²) in [5, 5.41) is 15.4. The van der Waals surface area contributed by atoms with Crippen molar-refractivity contribution in [3.63, 3.8) is 0 Å². The average Bonchev–Trinajstić information content (AvgIpc) is 3.65. The zero-order valence-corrected chi connectivity index (χ0v) is 23.7. The smallest absolute Gasteiger partial charge is 0.358 e. The van der Waals surface area contributed by atoms with E-state index in [1.807, 2.05) is 0 Å². The Balaban J connectivity index is 1.36. The predicted octanol–water partition coefficient (Wildman–Crippen LogP) is 0.970. The van der Waals surface area contributed by atoms with Gasteiger partial charge in [-0.15, -0.1) is 33.3 Å². The quantitative estimate of drug-likeness (QED) is 0.134. The molecule has 2 unspecified atom stereocenters. The van der Waals surface area contributed by atoms with E-state index in [0.717, 1.165) is 11.3 Å². The largest absolute Gasteiger partial charge is 0.423 e. The number of esters is 2. The third-order valence-corrected chi connectivity index (χ3v) is 9.78. The van der Waals surface area contributed by atoms with Gasteiger partial charge in [-0.2, -0.15) is 0 Å². The van der Waals surface area contributed by atoms with Crippen molar-refractivity contribution in [3.8, 4) is 0 Å². The second kappa shape index (κ2) is 11.1. The van der Waals surface area contributed by atoms with Crippen LogP contribution in [0.3, 0.4) is 0 Å². The SMILES string of the molecule is CON=C(C(=O)NC1C(=O)N2C(C(=O)OC3(C)CCC(=O)O3)=C(CSc3nncs3)CS[C@H]12)c1csc(N)n1. The Kier molecular flexibility index (Phi) is 7.79. The van der Waals surface area contributed by atoms with Gasteiger partial charge >= 0.3 is 11.9 Å². The number of hydrogen-bond acceptors (Lipinski definition) is 16. The number of thioether (sulfide) groups is 2. The standard InChI is InChI=1S/C21H21N7O7S4/c1-21(4-3-11(29)34-21)35-18(32)14-9(6-38-20-26-23-8-39-20)5-36-17-13(16(31)28(14)17)25-15(30)12(27-33-2)10-7-37-19(22)24-10/h7-8,13,17H,3-6H2,1-2H3,(H2,22,24)(H,25,30)/t13?,17-,21?/m1/s1. The summed E-state index contributed by atoms with van der Waals surface area (Å²) in [5.41, 5.74) is 8.05. The van der Waals surface area contributed by atoms with Crippen LogP contribution in [0.4, 0.5) is 5.13 Å². The molecule has 5 heterocycles. The minimum absolute atomic E-state index is 0.0634. The van der Waals surface area contributed by atoms with E-state index in [1.165, 1.54) is 53.8 Å². The number of cyclic esters (lactones) is 1. The Labute approximate surface area is 237 Å². The van der Waals surface area contributed by atoms with Crippen molar-refractivity contribution in [1.82, 2.24) is 25.4 Å². The fraction of sp³-hybridized carbons (Fsp3) is 0.429. The number of ether oxygens (including phenoxy) is 2. The molecule has 0 saturated carbocycles. The first-order valence-electron chi connectivity index (χ1n) is 11.3. The fourth-order valence-corrected chi connectivity index (χ4v) is 7.57. The molecule has 2 aromatic rings. The van der Waals surface area contributed by atoms with Crippen LogP contribution in [-0.4, -0.2) is 85.4 Å². The van der Waals surface area contributed by atoms with Gasteiger partial charge < -0.3 is 25.4 Å². The molecule has 0 aliphatic carbocycles. The molecule has 14 nitrogen and oxygen atoms in total. The highest BCUT2D eigenvalue weighted by atomic mass is 32.2. The van der Waals surface area contributed by atoms with E-state index in [9.17, 15) is 19.2 Å². The molecular weight excluding hydrogens is 591 g/mol. The van der Waals surface area contributed by atoms with Gasteiger partial charge in [0.05, 0.1) is 6.42 Å². The lowest BCUT2D eigenvalue weighted by molar-refractivity contribution is -0.206. The number of nitrogens with two attached hydrogens (primary N) is 1. The molecular formula is C21H21N7O7S4. The van der Waals surface area contributed by atoms with Gasteiger partial charge in [-0.1, -0.05) is 28.3 Å². The summed E-state index contributed by atoms with van der Waals surface area (Å²) in [4.78, 5) is 61.7. The topological polar surface area (TPSA) is 188 Å². The molecule has 0 bridgehead atoms. The predicted molar refractivity (Wildman–Crippen MR) is 143 cm³/mol. The number of anilines is 1. The van der Waals surface area contributed by atoms with E-state index in [1.54, 1.807) is 10.9 Å². The zero-order chi connectivity index (χ0) is 27.7. The molecule has 3 atom stereocenters. The van der Waals surface area contributed by atoms with Crippen LogP contribution < -0.4 is 11.1 Å². The van der Waals surface area contributed by atoms with Gasteiger partial charge in [-0.25, -0.2) is 9.78 Å². The maximum absolute atomic E-state index is 13.4. The number of aromatic nitrogens is 3. The summed E-state index contributed by atoms with van der Waals surface area (Å²) >= 11 is 5.24. The minimum atomic E-state index is -1.43. The van der Waals surface area contributed by atoms with Crippen molar-refractivity contribution in [3.05, 3.63) is 27.9 Å². The molecule has 3 aliphatic heterocycles. The number of carbonyl (C=O) groups excluding carboxylic acids is 4. The van der Waals surface area contributed by atoms with Gasteiger partial charge in [-0.05, 0) is 5.57 Å². The van der Waals surface area contributed by atoms with Crippen molar-refractivity contribution >= 4 is 80.8 Å². The maximum atomic E-state index is 13.4. The van der Waals surface area contributed by atoms with E-state index in [2.05, 4.69) is 25.7 Å². The van der Waals surface area contributed by atoms with Crippen LogP contribution in [-0.2, 0) is 33.5 Å². The van der Waals surface area contributed by atoms with E-state index < -0.39 is 41.0 Å². The number of nitrogens with one attached hydrogen (secondary N) is 1. The van der Waals surface area contributed by atoms with Crippen molar-refractivity contribution in [2.24, 2.45) is 5.16 Å². The Morgan fingerprint density at radius 2 is 2.21 bits per heavy atom. The van der Waals surface area contributed by atoms with Crippen LogP contribution in [0.2, 0.25) is 0 Å². The number of rotatable bonds is 9. The van der Waals surface area contributed by atoms with Gasteiger partial charge in [0.15, 0.2) is 15.2 Å². The number of fused-ring (bicyclic) bond motifs is 1. The number of nitrogen functional groups attached to an aromatic ring is 1. The zero-order valence-electron chi connectivity index (χ0n) is 20.4. The van der Waals surface area contributed by atoms with Crippen LogP contribution in [0.25, 0.3) is 0 Å². The highest BCUT2D eigenvalue weighted by Gasteiger charge is 2.55. The van der Waals surface area contributed by atoms with E-state index in [0.29, 0.717) is 21.4 Å². The van der Waals surface area contributed by atoms with Gasteiger partial charge in [0.2, 0.25) is 0 Å². The van der Waals surface area contributed by atoms with Crippen LogP contribution in [0, 0.1) is 0 Å². The minimum Gasteiger partial charge on any atom is -0.423 e. The highest BCUT2D eigenvalue weighted by molar-refractivity contribution is 8.01. The molecule has 5 rings (SSSR count). The molecule has 0 spiro atoms. The molecule has 2 fully saturated rings. The Bertz CT molecular complexity index is 1380. The van der Waals surface area contributed by atoms with Crippen LogP contribution in [0.1, 0.15) is 25.5 Å². The average molecular weight is 612 g/mol. The lowest BCUT2D eigenvalue weighted by atomic mass is 10.0. The Morgan fingerprint density at radius 3 is 2.85 bits per heavy atom. The molecule has 206 valence electrons. The van der Waals surface area contributed by atoms with Gasteiger partial charge in [0, 0.05) is 30.2 Å². The first-order valence-corrected chi connectivity index (χ1v) is 15.1. The third-order valence-electron chi connectivity index (χ3n) is 5.82. The molecule has 18 heteroatoms. The molecule has 0 radical (unpaired) electrons. The van der Waals surface area contributed by atoms with Gasteiger partial charge in [0.25, 0.3) is 17.6 Å². The second-order valence-corrected chi connectivity index (χ2v) is 12.5. The van der Waals surface area contributed by atoms with Crippen molar-refractivity contribution in [2.75, 3.05) is 24.3 Å². The second-order valence-electron chi connectivity index (χ2n) is 8.50. The summed E-state index contributed by atoms with van der Waals surface area (Å²) in [6.45, 7) is 1.50. The fourth-order valence-electron chi connectivity index (χ4n) is 4.05. The van der Waals surface area contributed by atoms with Crippen LogP contribution in [0.15, 0.2) is 31.7 Å². The lowest BCUT2D eigenvalue weighted by Crippen LogP contribution is -2.71. The van der Waals surface area contributed by atoms with Crippen molar-refractivity contribution in [2.45, 2.75) is 41.3 Å². The number of amides is 2. The van der Waals surface area contributed by atoms with Crippen LogP contribution >= 0.6 is 46.2 Å². The highest BCUT2D eigenvalue weighted by Crippen LogP contribution is 2.43. The maximum Gasteiger partial charge on any atom is 0.358 e. The molecule has 2 saturated heterocycles. The number of carbonyl (C=O) groups is 4. The molecule has 2 amide bonds. The van der Waals surface area contributed by atoms with Crippen molar-refractivity contribution < 1.29 is 33.5 Å². The van der Waals surface area contributed by atoms with E-state index >= 15 is 0 Å². The summed E-state index contributed by atoms with van der Waals surface area (Å²) < 4.78 is 11.5. The first-order chi connectivity index (χ1) is 18.7. The summed E-state index contributed by atoms with van der Waals surface area (Å²) in [7, 11) is 1.28. The normalized spacial score (nSPS) is 24.7. The van der Waals surface area contributed by atoms with Crippen LogP contribution in [0.5, 0.6) is 0 Å². The monoisotopic (exact) mass is 611 g/mol. The number of β-lactam (4-membered cyclic amide) rings is 1. The number of hydrogen-bond donors (Lipinski definition) is 2. The van der Waals surface area contributed by atoms with Gasteiger partial charge in [0.1, 0.15) is 35.4 Å². The summed E-state index contributed by atoms with van der Waals surface area (Å²) in [5.74, 6) is -3.14. The molecule has 2 aromatic heterocycles. The Morgan fingerprint density at radius 1 is 1.38 bits per heavy atom. The molecule has 3 aliphatic rings. The number of oxime groups is 1. The molecule has 39 heavy (non-hydrogen) atoms. The van der Waals surface area contributed by atoms with E-state index in [4.69, 9.17) is 20.0 Å². The molecule has 3 N–H and O–H groups in total. The number of thiazole rings is 1. The first kappa shape index (κ1) is 27.4. The summed E-state index contributed by atoms with van der Waals surface area (Å²) in [6.07, 6.45) is 0.321. The van der Waals surface area contributed by atoms with E-state index in [-0.39, 0.29) is 35.1 Å². The number of nitrogens with zero attached hydrogens (tertiary/aromatic N) is 5. The summed E-state index contributed by atoms with van der Waals surface area (Å²) in [6, 6.07) is -0.944. The van der Waals surface area contributed by atoms with Gasteiger partial charge in [-0.3, -0.25) is 19.3 Å². The van der Waals surface area contributed by atoms with Crippen molar-refractivity contribution in [1.29, 1.82) is 0 Å². The lowest BCUT2D eigenvalue weighted by Gasteiger charge is -2.50. The molecule has 0 aromatic carbocycles.